The van der Waals surface area contributed by atoms with Crippen molar-refractivity contribution in [2.75, 3.05) is 7.11 Å². The Labute approximate surface area is 112 Å². The smallest absolute Gasteiger partial charge is 0.126 e. The van der Waals surface area contributed by atoms with Crippen LogP contribution in [0.15, 0.2) is 42.5 Å². The summed E-state index contributed by atoms with van der Waals surface area (Å²) < 4.78 is 18.4. The van der Waals surface area contributed by atoms with Gasteiger partial charge in [0.25, 0.3) is 0 Å². The van der Waals surface area contributed by atoms with Crippen LogP contribution in [0.1, 0.15) is 28.4 Å². The minimum atomic E-state index is -0.773. The van der Waals surface area contributed by atoms with E-state index in [1.807, 2.05) is 24.3 Å². The summed E-state index contributed by atoms with van der Waals surface area (Å²) in [5.41, 5.74) is 2.93. The highest BCUT2D eigenvalue weighted by molar-refractivity contribution is 5.37. The molecule has 19 heavy (non-hydrogen) atoms. The summed E-state index contributed by atoms with van der Waals surface area (Å²) in [6.07, 6.45) is -0.773. The maximum atomic E-state index is 13.3. The molecule has 0 aliphatic carbocycles. The van der Waals surface area contributed by atoms with Gasteiger partial charge in [-0.1, -0.05) is 36.4 Å². The van der Waals surface area contributed by atoms with Crippen molar-refractivity contribution in [3.63, 3.8) is 0 Å². The summed E-state index contributed by atoms with van der Waals surface area (Å²) in [5, 5.41) is 10.4. The molecule has 0 saturated carbocycles. The first kappa shape index (κ1) is 13.7. The molecular weight excluding hydrogens is 243 g/mol. The van der Waals surface area contributed by atoms with Gasteiger partial charge < -0.3 is 9.84 Å². The van der Waals surface area contributed by atoms with E-state index in [-0.39, 0.29) is 5.82 Å². The second-order valence-electron chi connectivity index (χ2n) is 4.54. The zero-order valence-corrected chi connectivity index (χ0v) is 11.1. The van der Waals surface area contributed by atoms with Crippen LogP contribution in [0.3, 0.4) is 0 Å². The number of benzene rings is 2. The number of hydrogen-bond donors (Lipinski definition) is 1. The molecule has 0 fully saturated rings. The van der Waals surface area contributed by atoms with Gasteiger partial charge in [0.2, 0.25) is 0 Å². The van der Waals surface area contributed by atoms with E-state index < -0.39 is 6.10 Å². The van der Waals surface area contributed by atoms with Gasteiger partial charge >= 0.3 is 0 Å². The lowest BCUT2D eigenvalue weighted by molar-refractivity contribution is 0.176. The van der Waals surface area contributed by atoms with E-state index in [2.05, 4.69) is 0 Å². The van der Waals surface area contributed by atoms with Gasteiger partial charge in [0, 0.05) is 7.11 Å². The minimum Gasteiger partial charge on any atom is -0.384 e. The molecule has 0 saturated heterocycles. The van der Waals surface area contributed by atoms with Gasteiger partial charge in [-0.15, -0.1) is 0 Å². The van der Waals surface area contributed by atoms with Gasteiger partial charge in [0.15, 0.2) is 0 Å². The topological polar surface area (TPSA) is 29.5 Å². The van der Waals surface area contributed by atoms with Gasteiger partial charge in [-0.25, -0.2) is 4.39 Å². The minimum absolute atomic E-state index is 0.263. The molecule has 0 amide bonds. The van der Waals surface area contributed by atoms with Crippen LogP contribution in [0, 0.1) is 12.7 Å². The third-order valence-corrected chi connectivity index (χ3v) is 3.15. The molecule has 2 aromatic carbocycles. The number of ether oxygens (including phenoxy) is 1. The molecule has 100 valence electrons. The standard InChI is InChI=1S/C16H17FO2/c1-11-9-12(7-8-15(11)17)16(18)14-6-4-3-5-13(14)10-19-2/h3-9,16,18H,10H2,1-2H3. The van der Waals surface area contributed by atoms with Gasteiger partial charge in [-0.3, -0.25) is 0 Å². The van der Waals surface area contributed by atoms with Crippen molar-refractivity contribution in [3.05, 3.63) is 70.5 Å². The van der Waals surface area contributed by atoms with Crippen molar-refractivity contribution in [1.82, 2.24) is 0 Å². The quantitative estimate of drug-likeness (QED) is 0.913. The van der Waals surface area contributed by atoms with E-state index in [4.69, 9.17) is 4.74 Å². The van der Waals surface area contributed by atoms with E-state index in [1.165, 1.54) is 6.07 Å². The van der Waals surface area contributed by atoms with Crippen LogP contribution in [0.25, 0.3) is 0 Å². The molecule has 1 unspecified atom stereocenters. The molecule has 1 N–H and O–H groups in total. The number of rotatable bonds is 4. The second-order valence-corrected chi connectivity index (χ2v) is 4.54. The Bertz CT molecular complexity index is 566. The van der Waals surface area contributed by atoms with Crippen LogP contribution in [-0.4, -0.2) is 12.2 Å². The first-order valence-electron chi connectivity index (χ1n) is 6.14. The molecule has 0 aliphatic heterocycles. The Morgan fingerprint density at radius 2 is 1.95 bits per heavy atom. The molecule has 1 atom stereocenters. The SMILES string of the molecule is COCc1ccccc1C(O)c1ccc(F)c(C)c1. The van der Waals surface area contributed by atoms with E-state index >= 15 is 0 Å². The molecule has 0 aromatic heterocycles. The normalized spacial score (nSPS) is 12.4. The fraction of sp³-hybridized carbons (Fsp3) is 0.250. The highest BCUT2D eigenvalue weighted by Crippen LogP contribution is 2.26. The van der Waals surface area contributed by atoms with Crippen LogP contribution < -0.4 is 0 Å². The molecule has 0 radical (unpaired) electrons. The fourth-order valence-electron chi connectivity index (χ4n) is 2.11. The van der Waals surface area contributed by atoms with E-state index in [9.17, 15) is 9.50 Å². The predicted octanol–water partition coefficient (Wildman–Crippen LogP) is 3.36. The first-order valence-corrected chi connectivity index (χ1v) is 6.14. The lowest BCUT2D eigenvalue weighted by atomic mass is 9.96. The van der Waals surface area contributed by atoms with Crippen molar-refractivity contribution in [1.29, 1.82) is 0 Å². The van der Waals surface area contributed by atoms with E-state index in [1.54, 1.807) is 26.2 Å². The number of aliphatic hydroxyl groups excluding tert-OH is 1. The zero-order chi connectivity index (χ0) is 13.8. The predicted molar refractivity (Wildman–Crippen MR) is 72.4 cm³/mol. The average Bonchev–Trinajstić information content (AvgIpc) is 2.42. The van der Waals surface area contributed by atoms with Crippen molar-refractivity contribution >= 4 is 0 Å². The summed E-state index contributed by atoms with van der Waals surface area (Å²) in [5.74, 6) is -0.263. The number of aryl methyl sites for hydroxylation is 1. The van der Waals surface area contributed by atoms with Crippen LogP contribution in [-0.2, 0) is 11.3 Å². The van der Waals surface area contributed by atoms with Crippen molar-refractivity contribution < 1.29 is 14.2 Å². The molecule has 0 spiro atoms. The van der Waals surface area contributed by atoms with Gasteiger partial charge in [0.05, 0.1) is 6.61 Å². The van der Waals surface area contributed by atoms with E-state index in [0.29, 0.717) is 17.7 Å². The maximum absolute atomic E-state index is 13.3. The monoisotopic (exact) mass is 260 g/mol. The summed E-state index contributed by atoms with van der Waals surface area (Å²) >= 11 is 0. The van der Waals surface area contributed by atoms with Crippen molar-refractivity contribution in [2.45, 2.75) is 19.6 Å². The Balaban J connectivity index is 2.37. The summed E-state index contributed by atoms with van der Waals surface area (Å²) in [6.45, 7) is 2.13. The molecule has 0 heterocycles. The van der Waals surface area contributed by atoms with E-state index in [0.717, 1.165) is 11.1 Å². The Morgan fingerprint density at radius 3 is 2.63 bits per heavy atom. The van der Waals surface area contributed by atoms with Crippen LogP contribution >= 0.6 is 0 Å². The number of hydrogen-bond acceptors (Lipinski definition) is 2. The van der Waals surface area contributed by atoms with Crippen LogP contribution in [0.2, 0.25) is 0 Å². The van der Waals surface area contributed by atoms with Gasteiger partial charge in [-0.05, 0) is 35.2 Å². The van der Waals surface area contributed by atoms with Gasteiger partial charge in [-0.2, -0.15) is 0 Å². The number of halogens is 1. The summed E-state index contributed by atoms with van der Waals surface area (Å²) in [6, 6.07) is 12.2. The molecular formula is C16H17FO2. The number of aliphatic hydroxyl groups is 1. The molecule has 2 aromatic rings. The zero-order valence-electron chi connectivity index (χ0n) is 11.1. The molecule has 0 bridgehead atoms. The Kier molecular flexibility index (Phi) is 4.30. The highest BCUT2D eigenvalue weighted by Gasteiger charge is 2.15. The third-order valence-electron chi connectivity index (χ3n) is 3.15. The van der Waals surface area contributed by atoms with Gasteiger partial charge in [0.1, 0.15) is 11.9 Å². The third kappa shape index (κ3) is 3.00. The van der Waals surface area contributed by atoms with Crippen LogP contribution in [0.4, 0.5) is 4.39 Å². The first-order chi connectivity index (χ1) is 9.13. The molecule has 2 nitrogen and oxygen atoms in total. The van der Waals surface area contributed by atoms with Crippen molar-refractivity contribution in [3.8, 4) is 0 Å². The summed E-state index contributed by atoms with van der Waals surface area (Å²) in [7, 11) is 1.62. The molecule has 2 rings (SSSR count). The second kappa shape index (κ2) is 5.95. The maximum Gasteiger partial charge on any atom is 0.126 e. The summed E-state index contributed by atoms with van der Waals surface area (Å²) in [4.78, 5) is 0. The fourth-order valence-corrected chi connectivity index (χ4v) is 2.11. The molecule has 0 aliphatic rings. The Hall–Kier alpha value is -1.71. The Morgan fingerprint density at radius 1 is 1.21 bits per heavy atom. The van der Waals surface area contributed by atoms with Crippen molar-refractivity contribution in [2.24, 2.45) is 0 Å². The number of methoxy groups -OCH3 is 1. The highest BCUT2D eigenvalue weighted by atomic mass is 19.1. The van der Waals surface area contributed by atoms with Crippen LogP contribution in [0.5, 0.6) is 0 Å². The largest absolute Gasteiger partial charge is 0.384 e. The lowest BCUT2D eigenvalue weighted by Gasteiger charge is -2.16. The molecule has 3 heteroatoms. The lowest BCUT2D eigenvalue weighted by Crippen LogP contribution is -2.05. The average molecular weight is 260 g/mol.